The molecule has 94 valence electrons. The van der Waals surface area contributed by atoms with E-state index in [0.717, 1.165) is 30.7 Å². The van der Waals surface area contributed by atoms with Gasteiger partial charge in [-0.3, -0.25) is 4.98 Å². The Bertz CT molecular complexity index is 521. The highest BCUT2D eigenvalue weighted by Crippen LogP contribution is 2.14. The first-order chi connectivity index (χ1) is 8.92. The van der Waals surface area contributed by atoms with Crippen LogP contribution in [0.5, 0.6) is 0 Å². The van der Waals surface area contributed by atoms with Crippen LogP contribution in [0, 0.1) is 0 Å². The molecular weight excluding hydrogens is 224 g/mol. The summed E-state index contributed by atoms with van der Waals surface area (Å²) in [7, 11) is 0. The number of nitrogens with one attached hydrogen (secondary N) is 1. The van der Waals surface area contributed by atoms with Crippen LogP contribution in [0.1, 0.15) is 18.5 Å². The van der Waals surface area contributed by atoms with Gasteiger partial charge in [-0.2, -0.15) is 0 Å². The number of hydrogen-bond donors (Lipinski definition) is 1. The van der Waals surface area contributed by atoms with Crippen molar-refractivity contribution < 1.29 is 4.74 Å². The standard InChI is InChI=1S/C15H18N2O/c1-2-6-15-12(4-1)7-8-13(17-15)11-18-14-5-3-9-16-10-14/h1-2,4,6-8,14,16H,3,5,9-11H2/t14-/m0/s1. The van der Waals surface area contributed by atoms with Crippen molar-refractivity contribution in [2.24, 2.45) is 0 Å². The molecule has 0 spiro atoms. The summed E-state index contributed by atoms with van der Waals surface area (Å²) in [4.78, 5) is 4.61. The fourth-order valence-corrected chi connectivity index (χ4v) is 2.35. The first kappa shape index (κ1) is 11.6. The first-order valence-corrected chi connectivity index (χ1v) is 6.59. The molecule has 18 heavy (non-hydrogen) atoms. The SMILES string of the molecule is c1ccc2nc(CO[C@H]3CCCNC3)ccc2c1. The molecule has 1 fully saturated rings. The summed E-state index contributed by atoms with van der Waals surface area (Å²) in [6, 6.07) is 12.3. The summed E-state index contributed by atoms with van der Waals surface area (Å²) in [6.07, 6.45) is 2.70. The van der Waals surface area contributed by atoms with Gasteiger partial charge in [0.05, 0.1) is 23.9 Å². The Morgan fingerprint density at radius 2 is 2.17 bits per heavy atom. The Morgan fingerprint density at radius 3 is 3.06 bits per heavy atom. The van der Waals surface area contributed by atoms with Gasteiger partial charge in [-0.25, -0.2) is 0 Å². The zero-order chi connectivity index (χ0) is 12.2. The molecule has 0 saturated carbocycles. The van der Waals surface area contributed by atoms with Crippen LogP contribution in [-0.4, -0.2) is 24.2 Å². The van der Waals surface area contributed by atoms with Crippen LogP contribution in [0.2, 0.25) is 0 Å². The largest absolute Gasteiger partial charge is 0.371 e. The van der Waals surface area contributed by atoms with Gasteiger partial charge in [0.25, 0.3) is 0 Å². The van der Waals surface area contributed by atoms with Crippen LogP contribution >= 0.6 is 0 Å². The summed E-state index contributed by atoms with van der Waals surface area (Å²) in [5.74, 6) is 0. The summed E-state index contributed by atoms with van der Waals surface area (Å²) in [6.45, 7) is 2.69. The molecule has 1 aliphatic rings. The number of ether oxygens (including phenoxy) is 1. The molecule has 0 bridgehead atoms. The number of hydrogen-bond acceptors (Lipinski definition) is 3. The summed E-state index contributed by atoms with van der Waals surface area (Å²) in [5.41, 5.74) is 2.06. The van der Waals surface area contributed by atoms with Gasteiger partial charge < -0.3 is 10.1 Å². The second-order valence-electron chi connectivity index (χ2n) is 4.77. The molecular formula is C15H18N2O. The van der Waals surface area contributed by atoms with E-state index < -0.39 is 0 Å². The summed E-state index contributed by atoms with van der Waals surface area (Å²) >= 11 is 0. The molecule has 1 atom stereocenters. The van der Waals surface area contributed by atoms with E-state index >= 15 is 0 Å². The molecule has 1 aromatic carbocycles. The zero-order valence-electron chi connectivity index (χ0n) is 10.4. The zero-order valence-corrected chi connectivity index (χ0v) is 10.4. The molecule has 2 aromatic rings. The maximum atomic E-state index is 5.89. The normalized spacial score (nSPS) is 20.1. The van der Waals surface area contributed by atoms with Gasteiger partial charge in [-0.1, -0.05) is 24.3 Å². The third kappa shape index (κ3) is 2.68. The minimum Gasteiger partial charge on any atom is -0.371 e. The predicted octanol–water partition coefficient (Wildman–Crippen LogP) is 2.50. The minimum absolute atomic E-state index is 0.340. The van der Waals surface area contributed by atoms with E-state index in [-0.39, 0.29) is 0 Å². The lowest BCUT2D eigenvalue weighted by Gasteiger charge is -2.22. The number of benzene rings is 1. The third-order valence-corrected chi connectivity index (χ3v) is 3.37. The topological polar surface area (TPSA) is 34.1 Å². The second-order valence-corrected chi connectivity index (χ2v) is 4.77. The lowest BCUT2D eigenvalue weighted by Crippen LogP contribution is -2.35. The number of aromatic nitrogens is 1. The van der Waals surface area contributed by atoms with Gasteiger partial charge in [0.2, 0.25) is 0 Å². The Kier molecular flexibility index (Phi) is 3.53. The molecule has 2 heterocycles. The number of para-hydroxylation sites is 1. The highest BCUT2D eigenvalue weighted by molar-refractivity contribution is 5.78. The van der Waals surface area contributed by atoms with E-state index in [1.165, 1.54) is 11.8 Å². The van der Waals surface area contributed by atoms with Crippen molar-refractivity contribution in [1.29, 1.82) is 0 Å². The number of piperidine rings is 1. The van der Waals surface area contributed by atoms with E-state index in [4.69, 9.17) is 4.74 Å². The number of nitrogens with zero attached hydrogens (tertiary/aromatic N) is 1. The second kappa shape index (κ2) is 5.46. The third-order valence-electron chi connectivity index (χ3n) is 3.37. The van der Waals surface area contributed by atoms with Crippen LogP contribution in [0.25, 0.3) is 10.9 Å². The van der Waals surface area contributed by atoms with E-state index in [2.05, 4.69) is 28.5 Å². The molecule has 0 radical (unpaired) electrons. The number of rotatable bonds is 3. The van der Waals surface area contributed by atoms with Crippen LogP contribution < -0.4 is 5.32 Å². The van der Waals surface area contributed by atoms with E-state index in [1.807, 2.05) is 18.2 Å². The molecule has 1 N–H and O–H groups in total. The maximum Gasteiger partial charge on any atom is 0.0892 e. The lowest BCUT2D eigenvalue weighted by molar-refractivity contribution is 0.0237. The number of fused-ring (bicyclic) bond motifs is 1. The lowest BCUT2D eigenvalue weighted by atomic mass is 10.1. The molecule has 3 rings (SSSR count). The molecule has 3 nitrogen and oxygen atoms in total. The van der Waals surface area contributed by atoms with Crippen LogP contribution in [0.3, 0.4) is 0 Å². The van der Waals surface area contributed by atoms with Gasteiger partial charge in [0.15, 0.2) is 0 Å². The summed E-state index contributed by atoms with van der Waals surface area (Å²) in [5, 5.41) is 4.54. The monoisotopic (exact) mass is 242 g/mol. The van der Waals surface area contributed by atoms with Gasteiger partial charge in [0, 0.05) is 11.9 Å². The van der Waals surface area contributed by atoms with Crippen molar-refractivity contribution in [3.63, 3.8) is 0 Å². The highest BCUT2D eigenvalue weighted by Gasteiger charge is 2.13. The smallest absolute Gasteiger partial charge is 0.0892 e. The molecule has 1 aliphatic heterocycles. The van der Waals surface area contributed by atoms with Gasteiger partial charge in [-0.15, -0.1) is 0 Å². The average molecular weight is 242 g/mol. The Morgan fingerprint density at radius 1 is 1.22 bits per heavy atom. The molecule has 1 aromatic heterocycles. The van der Waals surface area contributed by atoms with Crippen LogP contribution in [0.4, 0.5) is 0 Å². The Labute approximate surface area is 107 Å². The van der Waals surface area contributed by atoms with Gasteiger partial charge >= 0.3 is 0 Å². The average Bonchev–Trinajstić information content (AvgIpc) is 2.46. The van der Waals surface area contributed by atoms with Crippen LogP contribution in [-0.2, 0) is 11.3 Å². The Balaban J connectivity index is 1.66. The first-order valence-electron chi connectivity index (χ1n) is 6.59. The molecule has 3 heteroatoms. The molecule has 0 unspecified atom stereocenters. The fourth-order valence-electron chi connectivity index (χ4n) is 2.35. The molecule has 0 aliphatic carbocycles. The highest BCUT2D eigenvalue weighted by atomic mass is 16.5. The van der Waals surface area contributed by atoms with Crippen molar-refractivity contribution in [2.45, 2.75) is 25.6 Å². The van der Waals surface area contributed by atoms with E-state index in [0.29, 0.717) is 12.7 Å². The van der Waals surface area contributed by atoms with E-state index in [9.17, 15) is 0 Å². The maximum absolute atomic E-state index is 5.89. The van der Waals surface area contributed by atoms with Crippen molar-refractivity contribution in [3.8, 4) is 0 Å². The fraction of sp³-hybridized carbons (Fsp3) is 0.400. The summed E-state index contributed by atoms with van der Waals surface area (Å²) < 4.78 is 5.89. The van der Waals surface area contributed by atoms with Crippen LogP contribution in [0.15, 0.2) is 36.4 Å². The molecule has 0 amide bonds. The van der Waals surface area contributed by atoms with E-state index in [1.54, 1.807) is 0 Å². The van der Waals surface area contributed by atoms with Gasteiger partial charge in [0.1, 0.15) is 0 Å². The van der Waals surface area contributed by atoms with Crippen molar-refractivity contribution >= 4 is 10.9 Å². The van der Waals surface area contributed by atoms with Crippen molar-refractivity contribution in [2.75, 3.05) is 13.1 Å². The van der Waals surface area contributed by atoms with Gasteiger partial charge in [-0.05, 0) is 31.5 Å². The minimum atomic E-state index is 0.340. The number of pyridine rings is 1. The van der Waals surface area contributed by atoms with Crippen molar-refractivity contribution in [3.05, 3.63) is 42.1 Å². The molecule has 1 saturated heterocycles. The van der Waals surface area contributed by atoms with Crippen molar-refractivity contribution in [1.82, 2.24) is 10.3 Å². The Hall–Kier alpha value is -1.45. The predicted molar refractivity (Wildman–Crippen MR) is 72.4 cm³/mol. The quantitative estimate of drug-likeness (QED) is 0.898.